The standard InChI is InChI=1S/C5H6N6O.ClH/c6-3-2(7-1-8-3)4-9-5(12)11-10-4;/h1H,6H2,(H,7,8)(H2,9,10,11,12);1H. The van der Waals surface area contributed by atoms with Crippen LogP contribution in [-0.2, 0) is 0 Å². The summed E-state index contributed by atoms with van der Waals surface area (Å²) in [6.07, 6.45) is 1.43. The van der Waals surface area contributed by atoms with E-state index in [9.17, 15) is 4.79 Å². The number of aromatic nitrogens is 5. The summed E-state index contributed by atoms with van der Waals surface area (Å²) < 4.78 is 0. The summed E-state index contributed by atoms with van der Waals surface area (Å²) in [5.41, 5.74) is 5.60. The van der Waals surface area contributed by atoms with E-state index in [2.05, 4.69) is 25.1 Å². The van der Waals surface area contributed by atoms with Gasteiger partial charge in [-0.25, -0.2) is 14.9 Å². The number of anilines is 1. The average molecular weight is 203 g/mol. The summed E-state index contributed by atoms with van der Waals surface area (Å²) in [4.78, 5) is 19.6. The van der Waals surface area contributed by atoms with Crippen LogP contribution < -0.4 is 11.4 Å². The largest absolute Gasteiger partial charge is 0.382 e. The van der Waals surface area contributed by atoms with Gasteiger partial charge in [-0.3, -0.25) is 4.98 Å². The molecule has 0 fully saturated rings. The fraction of sp³-hybridized carbons (Fsp3) is 0. The predicted octanol–water partition coefficient (Wildman–Crippen LogP) is -0.508. The first-order chi connectivity index (χ1) is 5.77. The van der Waals surface area contributed by atoms with Crippen LogP contribution in [-0.4, -0.2) is 25.1 Å². The van der Waals surface area contributed by atoms with Gasteiger partial charge in [0.15, 0.2) is 11.6 Å². The molecular formula is C5H7ClN6O. The van der Waals surface area contributed by atoms with E-state index in [1.54, 1.807) is 0 Å². The predicted molar refractivity (Wildman–Crippen MR) is 48.5 cm³/mol. The molecule has 5 N–H and O–H groups in total. The highest BCUT2D eigenvalue weighted by Gasteiger charge is 2.07. The lowest BCUT2D eigenvalue weighted by Crippen LogP contribution is -2.00. The average Bonchev–Trinajstić information content (AvgIpc) is 2.58. The van der Waals surface area contributed by atoms with Gasteiger partial charge >= 0.3 is 5.69 Å². The smallest absolute Gasteiger partial charge is 0.340 e. The summed E-state index contributed by atoms with van der Waals surface area (Å²) in [6.45, 7) is 0. The van der Waals surface area contributed by atoms with Crippen LogP contribution in [0.4, 0.5) is 5.82 Å². The van der Waals surface area contributed by atoms with E-state index in [1.807, 2.05) is 0 Å². The molecule has 8 heteroatoms. The maximum atomic E-state index is 10.6. The first-order valence-corrected chi connectivity index (χ1v) is 3.21. The fourth-order valence-electron chi connectivity index (χ4n) is 0.883. The second-order valence-electron chi connectivity index (χ2n) is 2.19. The van der Waals surface area contributed by atoms with Crippen molar-refractivity contribution in [3.63, 3.8) is 0 Å². The Bertz CT molecular complexity index is 442. The van der Waals surface area contributed by atoms with Crippen molar-refractivity contribution in [1.29, 1.82) is 0 Å². The number of hydrogen-bond donors (Lipinski definition) is 4. The van der Waals surface area contributed by atoms with E-state index in [4.69, 9.17) is 5.73 Å². The van der Waals surface area contributed by atoms with Gasteiger partial charge in [-0.1, -0.05) is 0 Å². The quantitative estimate of drug-likeness (QED) is 0.498. The van der Waals surface area contributed by atoms with Gasteiger partial charge in [-0.2, -0.15) is 5.10 Å². The van der Waals surface area contributed by atoms with Gasteiger partial charge in [0.25, 0.3) is 0 Å². The topological polar surface area (TPSA) is 116 Å². The number of H-pyrrole nitrogens is 3. The molecule has 0 saturated heterocycles. The third-order valence-electron chi connectivity index (χ3n) is 1.41. The van der Waals surface area contributed by atoms with Crippen molar-refractivity contribution in [2.24, 2.45) is 0 Å². The molecule has 0 aliphatic heterocycles. The third-order valence-corrected chi connectivity index (χ3v) is 1.41. The summed E-state index contributed by atoms with van der Waals surface area (Å²) in [5.74, 6) is 0.660. The minimum absolute atomic E-state index is 0. The number of rotatable bonds is 1. The van der Waals surface area contributed by atoms with Crippen LogP contribution in [0.1, 0.15) is 0 Å². The lowest BCUT2D eigenvalue weighted by Gasteiger charge is -1.89. The highest BCUT2D eigenvalue weighted by Crippen LogP contribution is 2.14. The highest BCUT2D eigenvalue weighted by molar-refractivity contribution is 5.85. The van der Waals surface area contributed by atoms with E-state index in [0.717, 1.165) is 0 Å². The fourth-order valence-corrected chi connectivity index (χ4v) is 0.883. The Morgan fingerprint density at radius 3 is 2.69 bits per heavy atom. The summed E-state index contributed by atoms with van der Waals surface area (Å²) >= 11 is 0. The molecule has 0 atom stereocenters. The van der Waals surface area contributed by atoms with E-state index in [0.29, 0.717) is 17.3 Å². The van der Waals surface area contributed by atoms with Crippen LogP contribution in [0.15, 0.2) is 11.1 Å². The van der Waals surface area contributed by atoms with Gasteiger partial charge in [0.2, 0.25) is 0 Å². The minimum atomic E-state index is -0.376. The van der Waals surface area contributed by atoms with Gasteiger partial charge in [-0.05, 0) is 0 Å². The first-order valence-electron chi connectivity index (χ1n) is 3.21. The van der Waals surface area contributed by atoms with Crippen molar-refractivity contribution in [2.45, 2.75) is 0 Å². The zero-order valence-corrected chi connectivity index (χ0v) is 7.18. The molecule has 2 heterocycles. The Morgan fingerprint density at radius 1 is 1.46 bits per heavy atom. The summed E-state index contributed by atoms with van der Waals surface area (Å²) in [6, 6.07) is 0. The van der Waals surface area contributed by atoms with Crippen molar-refractivity contribution >= 4 is 18.2 Å². The number of hydrogen-bond acceptors (Lipinski definition) is 4. The molecule has 0 unspecified atom stereocenters. The molecule has 0 saturated carbocycles. The van der Waals surface area contributed by atoms with Crippen molar-refractivity contribution in [3.8, 4) is 11.5 Å². The number of nitrogen functional groups attached to an aromatic ring is 1. The Kier molecular flexibility index (Phi) is 2.38. The molecule has 0 bridgehead atoms. The van der Waals surface area contributed by atoms with Crippen LogP contribution >= 0.6 is 12.4 Å². The molecule has 2 aromatic rings. The molecule has 0 aliphatic carbocycles. The lowest BCUT2D eigenvalue weighted by molar-refractivity contribution is 1.05. The van der Waals surface area contributed by atoms with Gasteiger partial charge in [0.1, 0.15) is 5.69 Å². The molecule has 0 spiro atoms. The Balaban J connectivity index is 0.000000845. The van der Waals surface area contributed by atoms with E-state index in [1.165, 1.54) is 6.33 Å². The number of aromatic amines is 3. The summed E-state index contributed by atoms with van der Waals surface area (Å²) in [7, 11) is 0. The van der Waals surface area contributed by atoms with Gasteiger partial charge in [-0.15, -0.1) is 12.4 Å². The van der Waals surface area contributed by atoms with Crippen LogP contribution in [0.2, 0.25) is 0 Å². The molecule has 7 nitrogen and oxygen atoms in total. The van der Waals surface area contributed by atoms with E-state index < -0.39 is 0 Å². The number of nitrogens with two attached hydrogens (primary N) is 1. The van der Waals surface area contributed by atoms with Crippen LogP contribution in [0.3, 0.4) is 0 Å². The normalized spacial score (nSPS) is 9.54. The van der Waals surface area contributed by atoms with Crippen LogP contribution in [0.25, 0.3) is 11.5 Å². The van der Waals surface area contributed by atoms with Crippen molar-refractivity contribution in [1.82, 2.24) is 25.1 Å². The van der Waals surface area contributed by atoms with E-state index in [-0.39, 0.29) is 18.1 Å². The zero-order valence-electron chi connectivity index (χ0n) is 6.37. The van der Waals surface area contributed by atoms with Crippen LogP contribution in [0, 0.1) is 0 Å². The van der Waals surface area contributed by atoms with Gasteiger partial charge in [0.05, 0.1) is 6.33 Å². The Morgan fingerprint density at radius 2 is 2.23 bits per heavy atom. The first kappa shape index (κ1) is 9.33. The minimum Gasteiger partial charge on any atom is -0.382 e. The molecule has 0 aromatic carbocycles. The summed E-state index contributed by atoms with van der Waals surface area (Å²) in [5, 5.41) is 5.89. The van der Waals surface area contributed by atoms with Crippen molar-refractivity contribution in [3.05, 3.63) is 16.8 Å². The monoisotopic (exact) mass is 202 g/mol. The highest BCUT2D eigenvalue weighted by atomic mass is 35.5. The second-order valence-corrected chi connectivity index (χ2v) is 2.19. The molecule has 2 aromatic heterocycles. The molecule has 0 amide bonds. The Labute approximate surface area is 78.2 Å². The Hall–Kier alpha value is -1.76. The molecule has 70 valence electrons. The van der Waals surface area contributed by atoms with Crippen molar-refractivity contribution in [2.75, 3.05) is 5.73 Å². The molecular weight excluding hydrogens is 196 g/mol. The van der Waals surface area contributed by atoms with Crippen LogP contribution in [0.5, 0.6) is 0 Å². The maximum absolute atomic E-state index is 10.6. The van der Waals surface area contributed by atoms with Crippen molar-refractivity contribution < 1.29 is 0 Å². The van der Waals surface area contributed by atoms with Gasteiger partial charge in [0, 0.05) is 0 Å². The number of nitrogens with one attached hydrogen (secondary N) is 3. The maximum Gasteiger partial charge on any atom is 0.340 e. The molecule has 0 radical (unpaired) electrons. The number of halogens is 1. The van der Waals surface area contributed by atoms with Gasteiger partial charge < -0.3 is 10.7 Å². The molecule has 13 heavy (non-hydrogen) atoms. The number of nitrogens with zero attached hydrogens (tertiary/aromatic N) is 2. The molecule has 2 rings (SSSR count). The lowest BCUT2D eigenvalue weighted by atomic mass is 10.4. The van der Waals surface area contributed by atoms with E-state index >= 15 is 0 Å². The number of imidazole rings is 1. The SMILES string of the molecule is Cl.Nc1nc[nH]c1-c1n[nH]c(=O)[nH]1. The zero-order chi connectivity index (χ0) is 8.55. The third kappa shape index (κ3) is 1.54. The molecule has 0 aliphatic rings. The second kappa shape index (κ2) is 3.31.